The van der Waals surface area contributed by atoms with Crippen LogP contribution in [0.15, 0.2) is 67.1 Å². The molecule has 0 radical (unpaired) electrons. The third-order valence-electron chi connectivity index (χ3n) is 6.47. The molecule has 1 atom stereocenters. The molecule has 1 unspecified atom stereocenters. The molecular weight excluding hydrogens is 418 g/mol. The van der Waals surface area contributed by atoms with Gasteiger partial charge < -0.3 is 14.2 Å². The Morgan fingerprint density at radius 1 is 1.06 bits per heavy atom. The van der Waals surface area contributed by atoms with Crippen molar-refractivity contribution >= 4 is 22.5 Å². The minimum atomic E-state index is 0.662. The zero-order valence-electron chi connectivity index (χ0n) is 18.6. The van der Waals surface area contributed by atoms with Crippen LogP contribution in [-0.2, 0) is 6.54 Å². The quantitative estimate of drug-likeness (QED) is 0.357. The van der Waals surface area contributed by atoms with Gasteiger partial charge in [-0.25, -0.2) is 0 Å². The molecule has 3 heterocycles. The highest BCUT2D eigenvalue weighted by atomic mass is 35.5. The molecule has 1 saturated heterocycles. The minimum absolute atomic E-state index is 0.662. The summed E-state index contributed by atoms with van der Waals surface area (Å²) in [5.41, 5.74) is 5.64. The number of methoxy groups -OCH3 is 1. The number of pyridine rings is 1. The topological polar surface area (TPSA) is 30.3 Å². The monoisotopic (exact) mass is 445 g/mol. The number of hydrogen-bond donors (Lipinski definition) is 0. The predicted molar refractivity (Wildman–Crippen MR) is 132 cm³/mol. The van der Waals surface area contributed by atoms with E-state index in [1.54, 1.807) is 7.11 Å². The van der Waals surface area contributed by atoms with Crippen LogP contribution in [0.2, 0.25) is 5.02 Å². The van der Waals surface area contributed by atoms with Crippen molar-refractivity contribution < 1.29 is 4.74 Å². The van der Waals surface area contributed by atoms with E-state index in [9.17, 15) is 0 Å². The van der Waals surface area contributed by atoms with Gasteiger partial charge in [-0.1, -0.05) is 23.7 Å². The van der Waals surface area contributed by atoms with E-state index in [1.807, 2.05) is 30.6 Å². The molecule has 0 bridgehead atoms. The first-order chi connectivity index (χ1) is 15.6. The van der Waals surface area contributed by atoms with Gasteiger partial charge in [-0.2, -0.15) is 0 Å². The lowest BCUT2D eigenvalue weighted by molar-refractivity contribution is 0.196. The van der Waals surface area contributed by atoms with Gasteiger partial charge in [0.1, 0.15) is 5.75 Å². The number of piperidine rings is 1. The van der Waals surface area contributed by atoms with Gasteiger partial charge in [0.2, 0.25) is 0 Å². The molecule has 0 spiro atoms. The van der Waals surface area contributed by atoms with E-state index in [4.69, 9.17) is 16.3 Å². The second kappa shape index (κ2) is 8.97. The molecule has 1 aliphatic heterocycles. The number of benzene rings is 2. The molecule has 2 aromatic carbocycles. The van der Waals surface area contributed by atoms with Gasteiger partial charge in [-0.15, -0.1) is 0 Å². The number of halogens is 1. The second-order valence-electron chi connectivity index (χ2n) is 8.82. The molecular formula is C27H28ClN3O. The highest BCUT2D eigenvalue weighted by Gasteiger charge is 2.20. The Morgan fingerprint density at radius 2 is 1.94 bits per heavy atom. The summed E-state index contributed by atoms with van der Waals surface area (Å²) in [6.07, 6.45) is 8.68. The van der Waals surface area contributed by atoms with E-state index in [-0.39, 0.29) is 0 Å². The van der Waals surface area contributed by atoms with Crippen LogP contribution in [-0.4, -0.2) is 41.7 Å². The summed E-state index contributed by atoms with van der Waals surface area (Å²) in [4.78, 5) is 7.01. The van der Waals surface area contributed by atoms with Crippen molar-refractivity contribution in [3.63, 3.8) is 0 Å². The molecule has 1 fully saturated rings. The highest BCUT2D eigenvalue weighted by molar-refractivity contribution is 6.30. The van der Waals surface area contributed by atoms with Crippen molar-refractivity contribution in [3.05, 3.63) is 72.1 Å². The Bertz CT molecular complexity index is 1250. The fourth-order valence-electron chi connectivity index (χ4n) is 4.90. The first-order valence-corrected chi connectivity index (χ1v) is 11.6. The van der Waals surface area contributed by atoms with Crippen LogP contribution in [0, 0.1) is 5.92 Å². The van der Waals surface area contributed by atoms with Gasteiger partial charge in [-0.3, -0.25) is 4.98 Å². The third-order valence-corrected chi connectivity index (χ3v) is 6.71. The smallest absolute Gasteiger partial charge is 0.119 e. The molecule has 32 heavy (non-hydrogen) atoms. The van der Waals surface area contributed by atoms with Crippen LogP contribution >= 0.6 is 11.6 Å². The summed E-state index contributed by atoms with van der Waals surface area (Å²) in [7, 11) is 3.94. The Kier molecular flexibility index (Phi) is 5.90. The predicted octanol–water partition coefficient (Wildman–Crippen LogP) is 6.37. The standard InChI is InChI=1S/C27H28ClN3O/c1-30-10-4-5-19(16-30)17-31-18-26(25-13-24(32-2)8-9-27(25)31)22-11-21(14-29-15-22)20-6-3-7-23(28)12-20/h3,6-9,11-15,18-19H,4-5,10,16-17H2,1-2H3. The van der Waals surface area contributed by atoms with E-state index in [0.717, 1.165) is 40.6 Å². The fraction of sp³-hybridized carbons (Fsp3) is 0.296. The van der Waals surface area contributed by atoms with Gasteiger partial charge in [0, 0.05) is 64.3 Å². The van der Waals surface area contributed by atoms with E-state index >= 15 is 0 Å². The summed E-state index contributed by atoms with van der Waals surface area (Å²) in [6, 6.07) is 16.5. The van der Waals surface area contributed by atoms with Crippen molar-refractivity contribution in [2.24, 2.45) is 5.92 Å². The molecule has 5 rings (SSSR count). The third kappa shape index (κ3) is 4.25. The molecule has 4 nitrogen and oxygen atoms in total. The molecule has 5 heteroatoms. The van der Waals surface area contributed by atoms with E-state index in [0.29, 0.717) is 5.92 Å². The van der Waals surface area contributed by atoms with Crippen molar-refractivity contribution in [1.82, 2.24) is 14.5 Å². The lowest BCUT2D eigenvalue weighted by atomic mass is 9.98. The molecule has 0 saturated carbocycles. The van der Waals surface area contributed by atoms with Crippen molar-refractivity contribution in [2.75, 3.05) is 27.2 Å². The van der Waals surface area contributed by atoms with Gasteiger partial charge in [-0.05, 0) is 74.3 Å². The number of aromatic nitrogens is 2. The van der Waals surface area contributed by atoms with Crippen LogP contribution in [0.5, 0.6) is 5.75 Å². The van der Waals surface area contributed by atoms with E-state index in [1.165, 1.54) is 35.9 Å². The lowest BCUT2D eigenvalue weighted by Gasteiger charge is -2.30. The largest absolute Gasteiger partial charge is 0.497 e. The first-order valence-electron chi connectivity index (χ1n) is 11.2. The Balaban J connectivity index is 1.58. The van der Waals surface area contributed by atoms with Gasteiger partial charge in [0.05, 0.1) is 7.11 Å². The molecule has 0 amide bonds. The average molecular weight is 446 g/mol. The van der Waals surface area contributed by atoms with Crippen LogP contribution < -0.4 is 4.74 Å². The summed E-state index contributed by atoms with van der Waals surface area (Å²) >= 11 is 6.23. The number of likely N-dealkylation sites (tertiary alicyclic amines) is 1. The molecule has 164 valence electrons. The van der Waals surface area contributed by atoms with Gasteiger partial charge in [0.15, 0.2) is 0 Å². The average Bonchev–Trinajstić information content (AvgIpc) is 3.16. The maximum absolute atomic E-state index is 6.23. The Hall–Kier alpha value is -2.82. The molecule has 0 aliphatic carbocycles. The van der Waals surface area contributed by atoms with Gasteiger partial charge in [0.25, 0.3) is 0 Å². The second-order valence-corrected chi connectivity index (χ2v) is 9.26. The van der Waals surface area contributed by atoms with Crippen LogP contribution in [0.25, 0.3) is 33.2 Å². The lowest BCUT2D eigenvalue weighted by Crippen LogP contribution is -2.33. The number of nitrogens with zero attached hydrogens (tertiary/aromatic N) is 3. The first kappa shape index (κ1) is 21.0. The van der Waals surface area contributed by atoms with E-state index in [2.05, 4.69) is 58.0 Å². The zero-order chi connectivity index (χ0) is 22.1. The van der Waals surface area contributed by atoms with Crippen molar-refractivity contribution in [3.8, 4) is 28.0 Å². The van der Waals surface area contributed by atoms with Crippen molar-refractivity contribution in [2.45, 2.75) is 19.4 Å². The van der Waals surface area contributed by atoms with Crippen LogP contribution in [0.4, 0.5) is 0 Å². The van der Waals surface area contributed by atoms with Crippen LogP contribution in [0.3, 0.4) is 0 Å². The van der Waals surface area contributed by atoms with Crippen molar-refractivity contribution in [1.29, 1.82) is 0 Å². The SMILES string of the molecule is COc1ccc2c(c1)c(-c1cncc(-c3cccc(Cl)c3)c1)cn2CC1CCCN(C)C1. The number of ether oxygens (including phenoxy) is 1. The number of fused-ring (bicyclic) bond motifs is 1. The Morgan fingerprint density at radius 3 is 2.75 bits per heavy atom. The normalized spacial score (nSPS) is 17.0. The Labute approximate surface area is 194 Å². The number of rotatable bonds is 5. The zero-order valence-corrected chi connectivity index (χ0v) is 19.3. The minimum Gasteiger partial charge on any atom is -0.497 e. The molecule has 4 aromatic rings. The summed E-state index contributed by atoms with van der Waals surface area (Å²) < 4.78 is 7.96. The fourth-order valence-corrected chi connectivity index (χ4v) is 5.09. The van der Waals surface area contributed by atoms with E-state index < -0.39 is 0 Å². The molecule has 2 aromatic heterocycles. The molecule has 1 aliphatic rings. The number of hydrogen-bond acceptors (Lipinski definition) is 3. The summed E-state index contributed by atoms with van der Waals surface area (Å²) in [5.74, 6) is 1.53. The maximum atomic E-state index is 6.23. The summed E-state index contributed by atoms with van der Waals surface area (Å²) in [6.45, 7) is 3.37. The highest BCUT2D eigenvalue weighted by Crippen LogP contribution is 2.35. The summed E-state index contributed by atoms with van der Waals surface area (Å²) in [5, 5.41) is 1.92. The van der Waals surface area contributed by atoms with Gasteiger partial charge >= 0.3 is 0 Å². The molecule has 0 N–H and O–H groups in total. The maximum Gasteiger partial charge on any atom is 0.119 e. The van der Waals surface area contributed by atoms with Crippen LogP contribution in [0.1, 0.15) is 12.8 Å².